The fourth-order valence-corrected chi connectivity index (χ4v) is 3.28. The van der Waals surface area contributed by atoms with Gasteiger partial charge in [0.2, 0.25) is 0 Å². The lowest BCUT2D eigenvalue weighted by molar-refractivity contribution is 0.0529. The van der Waals surface area contributed by atoms with Gasteiger partial charge in [-0.1, -0.05) is 49.8 Å². The van der Waals surface area contributed by atoms with Crippen molar-refractivity contribution in [1.82, 2.24) is 4.98 Å². The summed E-state index contributed by atoms with van der Waals surface area (Å²) in [7, 11) is 0. The molecule has 1 N–H and O–H groups in total. The van der Waals surface area contributed by atoms with Crippen LogP contribution in [0.1, 0.15) is 48.6 Å². The number of halogens is 1. The predicted molar refractivity (Wildman–Crippen MR) is 96.2 cm³/mol. The normalized spacial score (nSPS) is 11.4. The summed E-state index contributed by atoms with van der Waals surface area (Å²) in [6.07, 6.45) is 0. The van der Waals surface area contributed by atoms with Gasteiger partial charge in [-0.2, -0.15) is 0 Å². The van der Waals surface area contributed by atoms with Crippen LogP contribution in [0.3, 0.4) is 0 Å². The number of esters is 1. The highest BCUT2D eigenvalue weighted by Gasteiger charge is 2.28. The lowest BCUT2D eigenvalue weighted by atomic mass is 9.91. The van der Waals surface area contributed by atoms with Gasteiger partial charge < -0.3 is 10.1 Å². The Morgan fingerprint density at radius 1 is 1.39 bits per heavy atom. The standard InChI is InChI=1S/C17H21ClN2O2S/c1-6-22-15(21)13-14(17(3,4)5)20-16(23-13)19-11-8-7-10(2)12(18)9-11/h7-9H,6H2,1-5H3,(H,19,20). The molecule has 4 nitrogen and oxygen atoms in total. The number of carbonyl (C=O) groups is 1. The third-order valence-electron chi connectivity index (χ3n) is 3.22. The Hall–Kier alpha value is -1.59. The smallest absolute Gasteiger partial charge is 0.350 e. The summed E-state index contributed by atoms with van der Waals surface area (Å²) < 4.78 is 5.14. The van der Waals surface area contributed by atoms with Crippen LogP contribution in [0.25, 0.3) is 0 Å². The zero-order chi connectivity index (χ0) is 17.2. The van der Waals surface area contributed by atoms with Crippen molar-refractivity contribution in [3.05, 3.63) is 39.4 Å². The molecule has 1 heterocycles. The van der Waals surface area contributed by atoms with Crippen LogP contribution >= 0.6 is 22.9 Å². The number of benzene rings is 1. The van der Waals surface area contributed by atoms with Crippen molar-refractivity contribution >= 4 is 39.7 Å². The van der Waals surface area contributed by atoms with Crippen molar-refractivity contribution in [2.24, 2.45) is 0 Å². The summed E-state index contributed by atoms with van der Waals surface area (Å²) >= 11 is 7.45. The van der Waals surface area contributed by atoms with Crippen LogP contribution in [0.4, 0.5) is 10.8 Å². The second kappa shape index (κ2) is 6.89. The number of hydrogen-bond acceptors (Lipinski definition) is 5. The Balaban J connectivity index is 2.36. The van der Waals surface area contributed by atoms with E-state index in [9.17, 15) is 4.79 Å². The van der Waals surface area contributed by atoms with Crippen molar-refractivity contribution in [2.45, 2.75) is 40.0 Å². The molecule has 23 heavy (non-hydrogen) atoms. The van der Waals surface area contributed by atoms with Crippen LogP contribution in [-0.4, -0.2) is 17.6 Å². The molecule has 0 radical (unpaired) electrons. The summed E-state index contributed by atoms with van der Waals surface area (Å²) in [4.78, 5) is 17.3. The number of aromatic nitrogens is 1. The average molecular weight is 353 g/mol. The summed E-state index contributed by atoms with van der Waals surface area (Å²) in [6, 6.07) is 5.72. The third-order valence-corrected chi connectivity index (χ3v) is 4.58. The molecule has 1 aromatic heterocycles. The van der Waals surface area contributed by atoms with E-state index in [0.717, 1.165) is 16.9 Å². The van der Waals surface area contributed by atoms with Gasteiger partial charge in [0.1, 0.15) is 4.88 Å². The molecule has 2 rings (SSSR count). The van der Waals surface area contributed by atoms with Gasteiger partial charge in [0.05, 0.1) is 12.3 Å². The summed E-state index contributed by atoms with van der Waals surface area (Å²) in [5.74, 6) is -0.329. The molecule has 0 amide bonds. The molecule has 0 saturated carbocycles. The Morgan fingerprint density at radius 2 is 2.09 bits per heavy atom. The first-order valence-electron chi connectivity index (χ1n) is 7.44. The number of nitrogens with one attached hydrogen (secondary N) is 1. The van der Waals surface area contributed by atoms with E-state index < -0.39 is 0 Å². The second-order valence-electron chi connectivity index (χ2n) is 6.26. The lowest BCUT2D eigenvalue weighted by Crippen LogP contribution is -2.17. The Kier molecular flexibility index (Phi) is 5.32. The van der Waals surface area contributed by atoms with Gasteiger partial charge in [-0.15, -0.1) is 0 Å². The van der Waals surface area contributed by atoms with Gasteiger partial charge in [-0.05, 0) is 31.5 Å². The van der Waals surface area contributed by atoms with Crippen LogP contribution in [0.5, 0.6) is 0 Å². The Morgan fingerprint density at radius 3 is 2.65 bits per heavy atom. The number of anilines is 2. The zero-order valence-corrected chi connectivity index (χ0v) is 15.6. The zero-order valence-electron chi connectivity index (χ0n) is 14.0. The number of ether oxygens (including phenoxy) is 1. The van der Waals surface area contributed by atoms with Gasteiger partial charge in [0.25, 0.3) is 0 Å². The maximum absolute atomic E-state index is 12.2. The summed E-state index contributed by atoms with van der Waals surface area (Å²) in [5, 5.41) is 4.56. The van der Waals surface area contributed by atoms with Crippen LogP contribution < -0.4 is 5.32 Å². The highest BCUT2D eigenvalue weighted by atomic mass is 35.5. The highest BCUT2D eigenvalue weighted by molar-refractivity contribution is 7.17. The van der Waals surface area contributed by atoms with Crippen molar-refractivity contribution in [1.29, 1.82) is 0 Å². The number of thiazole rings is 1. The molecule has 0 aliphatic heterocycles. The van der Waals surface area contributed by atoms with Crippen LogP contribution in [0, 0.1) is 6.92 Å². The Labute approximate surface area is 145 Å². The molecule has 0 atom stereocenters. The number of nitrogens with zero attached hydrogens (tertiary/aromatic N) is 1. The largest absolute Gasteiger partial charge is 0.462 e. The number of rotatable bonds is 4. The molecular formula is C17H21ClN2O2S. The highest BCUT2D eigenvalue weighted by Crippen LogP contribution is 2.34. The molecule has 0 fully saturated rings. The number of hydrogen-bond donors (Lipinski definition) is 1. The van der Waals surface area contributed by atoms with E-state index in [1.54, 1.807) is 6.92 Å². The molecule has 0 aliphatic rings. The first-order chi connectivity index (χ1) is 10.7. The molecule has 0 aliphatic carbocycles. The molecule has 0 spiro atoms. The fraction of sp³-hybridized carbons (Fsp3) is 0.412. The predicted octanol–water partition coefficient (Wildman–Crippen LogP) is 5.32. The number of aryl methyl sites for hydroxylation is 1. The van der Waals surface area contributed by atoms with E-state index in [2.05, 4.69) is 10.3 Å². The summed E-state index contributed by atoms with van der Waals surface area (Å²) in [5.41, 5.74) is 2.34. The van der Waals surface area contributed by atoms with E-state index in [1.165, 1.54) is 11.3 Å². The lowest BCUT2D eigenvalue weighted by Gasteiger charge is -2.16. The fourth-order valence-electron chi connectivity index (χ4n) is 2.01. The van der Waals surface area contributed by atoms with Crippen molar-refractivity contribution in [2.75, 3.05) is 11.9 Å². The van der Waals surface area contributed by atoms with E-state index in [1.807, 2.05) is 45.9 Å². The van der Waals surface area contributed by atoms with Gasteiger partial charge >= 0.3 is 5.97 Å². The minimum absolute atomic E-state index is 0.247. The minimum Gasteiger partial charge on any atom is -0.462 e. The first kappa shape index (κ1) is 17.8. The first-order valence-corrected chi connectivity index (χ1v) is 8.63. The third kappa shape index (κ3) is 4.24. The summed E-state index contributed by atoms with van der Waals surface area (Å²) in [6.45, 7) is 10.2. The van der Waals surface area contributed by atoms with Gasteiger partial charge in [-0.3, -0.25) is 0 Å². The van der Waals surface area contributed by atoms with Crippen LogP contribution in [0.2, 0.25) is 5.02 Å². The second-order valence-corrected chi connectivity index (χ2v) is 7.66. The average Bonchev–Trinajstić information content (AvgIpc) is 2.87. The van der Waals surface area contributed by atoms with Crippen molar-refractivity contribution in [3.63, 3.8) is 0 Å². The molecule has 0 saturated heterocycles. The SMILES string of the molecule is CCOC(=O)c1sc(Nc2ccc(C)c(Cl)c2)nc1C(C)(C)C. The molecule has 124 valence electrons. The quantitative estimate of drug-likeness (QED) is 0.756. The van der Waals surface area contributed by atoms with E-state index in [0.29, 0.717) is 21.6 Å². The van der Waals surface area contributed by atoms with Crippen molar-refractivity contribution in [3.8, 4) is 0 Å². The maximum Gasteiger partial charge on any atom is 0.350 e. The van der Waals surface area contributed by atoms with Gasteiger partial charge in [-0.25, -0.2) is 9.78 Å². The molecule has 0 unspecified atom stereocenters. The molecule has 6 heteroatoms. The van der Waals surface area contributed by atoms with E-state index in [4.69, 9.17) is 16.3 Å². The van der Waals surface area contributed by atoms with Gasteiger partial charge in [0, 0.05) is 16.1 Å². The van der Waals surface area contributed by atoms with Crippen LogP contribution in [0.15, 0.2) is 18.2 Å². The topological polar surface area (TPSA) is 51.2 Å². The monoisotopic (exact) mass is 352 g/mol. The Bertz CT molecular complexity index is 720. The van der Waals surface area contributed by atoms with Crippen LogP contribution in [-0.2, 0) is 10.2 Å². The maximum atomic E-state index is 12.2. The molecular weight excluding hydrogens is 332 g/mol. The number of carbonyl (C=O) groups excluding carboxylic acids is 1. The molecule has 1 aromatic carbocycles. The van der Waals surface area contributed by atoms with E-state index >= 15 is 0 Å². The van der Waals surface area contributed by atoms with Gasteiger partial charge in [0.15, 0.2) is 5.13 Å². The molecule has 2 aromatic rings. The molecule has 0 bridgehead atoms. The van der Waals surface area contributed by atoms with Crippen molar-refractivity contribution < 1.29 is 9.53 Å². The van der Waals surface area contributed by atoms with E-state index in [-0.39, 0.29) is 11.4 Å². The minimum atomic E-state index is -0.329.